The summed E-state index contributed by atoms with van der Waals surface area (Å²) < 4.78 is 0. The molecule has 26 heavy (non-hydrogen) atoms. The van der Waals surface area contributed by atoms with Gasteiger partial charge in [-0.2, -0.15) is 5.10 Å². The van der Waals surface area contributed by atoms with Gasteiger partial charge in [-0.25, -0.2) is 5.43 Å². The van der Waals surface area contributed by atoms with Crippen LogP contribution in [0.5, 0.6) is 0 Å². The van der Waals surface area contributed by atoms with Crippen molar-refractivity contribution in [2.45, 2.75) is 0 Å². The van der Waals surface area contributed by atoms with Crippen molar-refractivity contribution in [3.63, 3.8) is 0 Å². The molecule has 0 aliphatic rings. The Morgan fingerprint density at radius 2 is 1.62 bits per heavy atom. The summed E-state index contributed by atoms with van der Waals surface area (Å²) in [7, 11) is 0. The fourth-order valence-electron chi connectivity index (χ4n) is 2.90. The van der Waals surface area contributed by atoms with Gasteiger partial charge in [0.05, 0.1) is 17.3 Å². The van der Waals surface area contributed by atoms with Crippen LogP contribution in [0.4, 0.5) is 0 Å². The smallest absolute Gasteiger partial charge is 0.273 e. The topological polar surface area (TPSA) is 74.3 Å². The van der Waals surface area contributed by atoms with Crippen LogP contribution in [0.2, 0.25) is 0 Å². The minimum absolute atomic E-state index is 0.100. The Labute approximate surface area is 149 Å². The Kier molecular flexibility index (Phi) is 4.03. The van der Waals surface area contributed by atoms with Gasteiger partial charge < -0.3 is 4.98 Å². The molecule has 0 bridgehead atoms. The van der Waals surface area contributed by atoms with Crippen molar-refractivity contribution in [1.82, 2.24) is 10.4 Å². The number of hydrogen-bond acceptors (Lipinski definition) is 3. The third-order valence-electron chi connectivity index (χ3n) is 4.16. The molecule has 0 spiro atoms. The Bertz CT molecular complexity index is 1190. The van der Waals surface area contributed by atoms with E-state index in [0.717, 1.165) is 5.56 Å². The van der Waals surface area contributed by atoms with E-state index >= 15 is 0 Å². The van der Waals surface area contributed by atoms with E-state index in [1.54, 1.807) is 30.5 Å². The number of pyridine rings is 1. The number of hydrogen-bond donors (Lipinski definition) is 2. The van der Waals surface area contributed by atoms with Gasteiger partial charge in [-0.05, 0) is 29.8 Å². The minimum atomic E-state index is -0.381. The lowest BCUT2D eigenvalue weighted by Crippen LogP contribution is -2.19. The number of para-hydroxylation sites is 2. The first-order valence-electron chi connectivity index (χ1n) is 8.16. The number of H-pyrrole nitrogens is 1. The Balaban J connectivity index is 1.73. The predicted molar refractivity (Wildman–Crippen MR) is 104 cm³/mol. The maximum absolute atomic E-state index is 12.7. The first kappa shape index (κ1) is 15.8. The van der Waals surface area contributed by atoms with Crippen LogP contribution in [-0.4, -0.2) is 17.1 Å². The molecule has 3 aromatic carbocycles. The Hall–Kier alpha value is -3.73. The minimum Gasteiger partial charge on any atom is -0.354 e. The van der Waals surface area contributed by atoms with E-state index in [2.05, 4.69) is 15.5 Å². The highest BCUT2D eigenvalue weighted by Gasteiger charge is 2.13. The first-order valence-corrected chi connectivity index (χ1v) is 8.16. The molecule has 0 atom stereocenters. The van der Waals surface area contributed by atoms with Crippen molar-refractivity contribution >= 4 is 33.9 Å². The molecule has 4 rings (SSSR count). The molecular weight excluding hydrogens is 326 g/mol. The standard InChI is InChI=1S/C21H15N3O2/c25-20-15-9-4-5-12-18(15)23-19-16(20)10-6-11-17(19)21(26)24-22-13-14-7-2-1-3-8-14/h1-13H,(H,23,25)(H,24,26)/b22-13+. The number of nitrogens with one attached hydrogen (secondary N) is 2. The van der Waals surface area contributed by atoms with Crippen LogP contribution >= 0.6 is 0 Å². The molecule has 2 N–H and O–H groups in total. The normalized spacial score (nSPS) is 11.2. The van der Waals surface area contributed by atoms with E-state index in [1.165, 1.54) is 0 Å². The summed E-state index contributed by atoms with van der Waals surface area (Å²) in [6.07, 6.45) is 1.57. The summed E-state index contributed by atoms with van der Waals surface area (Å²) in [5.41, 5.74) is 4.86. The number of carbonyl (C=O) groups excluding carboxylic acids is 1. The van der Waals surface area contributed by atoms with Crippen LogP contribution in [-0.2, 0) is 0 Å². The quantitative estimate of drug-likeness (QED) is 0.340. The second-order valence-electron chi connectivity index (χ2n) is 5.84. The zero-order chi connectivity index (χ0) is 17.9. The van der Waals surface area contributed by atoms with Crippen LogP contribution < -0.4 is 10.9 Å². The van der Waals surface area contributed by atoms with Gasteiger partial charge in [-0.1, -0.05) is 48.5 Å². The number of aromatic amines is 1. The molecule has 0 saturated heterocycles. The largest absolute Gasteiger partial charge is 0.354 e. The van der Waals surface area contributed by atoms with E-state index < -0.39 is 0 Å². The van der Waals surface area contributed by atoms with E-state index in [9.17, 15) is 9.59 Å². The van der Waals surface area contributed by atoms with Crippen LogP contribution in [0.15, 0.2) is 82.7 Å². The maximum atomic E-state index is 12.7. The number of hydrazone groups is 1. The predicted octanol–water partition coefficient (Wildman–Crippen LogP) is 3.45. The molecule has 1 amide bonds. The number of benzene rings is 3. The van der Waals surface area contributed by atoms with Gasteiger partial charge in [0.2, 0.25) is 0 Å². The summed E-state index contributed by atoms with van der Waals surface area (Å²) in [6, 6.07) is 21.8. The molecule has 0 saturated carbocycles. The number of rotatable bonds is 3. The van der Waals surface area contributed by atoms with E-state index in [4.69, 9.17) is 0 Å². The zero-order valence-corrected chi connectivity index (χ0v) is 13.8. The van der Waals surface area contributed by atoms with E-state index in [1.807, 2.05) is 48.5 Å². The van der Waals surface area contributed by atoms with Crippen molar-refractivity contribution in [1.29, 1.82) is 0 Å². The second-order valence-corrected chi connectivity index (χ2v) is 5.84. The molecule has 5 heteroatoms. The van der Waals surface area contributed by atoms with Gasteiger partial charge in [0.1, 0.15) is 0 Å². The van der Waals surface area contributed by atoms with Crippen molar-refractivity contribution < 1.29 is 4.79 Å². The number of aromatic nitrogens is 1. The molecule has 0 aliphatic heterocycles. The van der Waals surface area contributed by atoms with Gasteiger partial charge in [-0.3, -0.25) is 9.59 Å². The van der Waals surface area contributed by atoms with Crippen LogP contribution in [0.1, 0.15) is 15.9 Å². The fourth-order valence-corrected chi connectivity index (χ4v) is 2.90. The number of amides is 1. The lowest BCUT2D eigenvalue weighted by Gasteiger charge is -2.07. The number of nitrogens with zero attached hydrogens (tertiary/aromatic N) is 1. The molecule has 0 unspecified atom stereocenters. The molecule has 5 nitrogen and oxygen atoms in total. The lowest BCUT2D eigenvalue weighted by molar-refractivity contribution is 0.0956. The number of fused-ring (bicyclic) bond motifs is 2. The van der Waals surface area contributed by atoms with Crippen molar-refractivity contribution in [2.24, 2.45) is 5.10 Å². The van der Waals surface area contributed by atoms with Gasteiger partial charge in [0, 0.05) is 16.3 Å². The van der Waals surface area contributed by atoms with Gasteiger partial charge >= 0.3 is 0 Å². The summed E-state index contributed by atoms with van der Waals surface area (Å²) in [5, 5.41) is 5.07. The van der Waals surface area contributed by atoms with E-state index in [-0.39, 0.29) is 11.3 Å². The van der Waals surface area contributed by atoms with Crippen LogP contribution in [0.3, 0.4) is 0 Å². The first-order chi connectivity index (χ1) is 12.7. The van der Waals surface area contributed by atoms with Crippen LogP contribution in [0.25, 0.3) is 21.8 Å². The number of carbonyl (C=O) groups is 1. The fraction of sp³-hybridized carbons (Fsp3) is 0. The second kappa shape index (κ2) is 6.64. The zero-order valence-electron chi connectivity index (χ0n) is 13.8. The van der Waals surface area contributed by atoms with Crippen LogP contribution in [0, 0.1) is 0 Å². The summed E-state index contributed by atoms with van der Waals surface area (Å²) in [4.78, 5) is 28.4. The SMILES string of the molecule is O=C(N/N=C/c1ccccc1)c1cccc2c(=O)c3ccccc3[nH]c12. The molecular formula is C21H15N3O2. The average molecular weight is 341 g/mol. The Morgan fingerprint density at radius 1 is 0.885 bits per heavy atom. The molecule has 1 aromatic heterocycles. The van der Waals surface area contributed by atoms with Gasteiger partial charge in [0.25, 0.3) is 5.91 Å². The third kappa shape index (κ3) is 2.86. The molecule has 0 aliphatic carbocycles. The summed E-state index contributed by atoms with van der Waals surface area (Å²) >= 11 is 0. The highest BCUT2D eigenvalue weighted by Crippen LogP contribution is 2.18. The molecule has 126 valence electrons. The lowest BCUT2D eigenvalue weighted by atomic mass is 10.1. The van der Waals surface area contributed by atoms with Crippen molar-refractivity contribution in [3.05, 3.63) is 94.1 Å². The summed E-state index contributed by atoms with van der Waals surface area (Å²) in [5.74, 6) is -0.381. The Morgan fingerprint density at radius 3 is 2.46 bits per heavy atom. The molecule has 0 radical (unpaired) electrons. The molecule has 0 fully saturated rings. The van der Waals surface area contributed by atoms with E-state index in [0.29, 0.717) is 27.4 Å². The third-order valence-corrected chi connectivity index (χ3v) is 4.16. The monoisotopic (exact) mass is 341 g/mol. The van der Waals surface area contributed by atoms with Gasteiger partial charge in [-0.15, -0.1) is 0 Å². The molecule has 1 heterocycles. The maximum Gasteiger partial charge on any atom is 0.273 e. The average Bonchev–Trinajstić information content (AvgIpc) is 2.68. The molecule has 4 aromatic rings. The highest BCUT2D eigenvalue weighted by molar-refractivity contribution is 6.07. The highest BCUT2D eigenvalue weighted by atomic mass is 16.2. The summed E-state index contributed by atoms with van der Waals surface area (Å²) in [6.45, 7) is 0. The van der Waals surface area contributed by atoms with Gasteiger partial charge in [0.15, 0.2) is 5.43 Å². The van der Waals surface area contributed by atoms with Crippen molar-refractivity contribution in [3.8, 4) is 0 Å². The van der Waals surface area contributed by atoms with Crippen molar-refractivity contribution in [2.75, 3.05) is 0 Å².